The van der Waals surface area contributed by atoms with Gasteiger partial charge in [-0.25, -0.2) is 14.2 Å². The van der Waals surface area contributed by atoms with Gasteiger partial charge >= 0.3 is 23.7 Å². The van der Waals surface area contributed by atoms with E-state index in [0.29, 0.717) is 12.6 Å². The minimum absolute atomic E-state index is 0.0522. The van der Waals surface area contributed by atoms with Crippen molar-refractivity contribution in [1.29, 1.82) is 0 Å². The molecule has 12 heteroatoms. The van der Waals surface area contributed by atoms with Crippen molar-refractivity contribution in [3.63, 3.8) is 0 Å². The fraction of sp³-hybridized carbons (Fsp3) is 0.600. The summed E-state index contributed by atoms with van der Waals surface area (Å²) < 4.78 is 37.9. The molecule has 0 aliphatic heterocycles. The second kappa shape index (κ2) is 9.92. The average Bonchev–Trinajstić information content (AvgIpc) is 2.62. The standard InChI is InChI=1S/C15H21F2N3O7/c1-2-3-4-7-26-14(25)27-11(9(22)8-21)15(16,17)12(23)20-6-5-10(18)19-13(20)24/h5-6,9,11,21-22H,2-4,7-8H2,1H3,(H2,18,19,24)/t9-,11-/m1/s1. The molecule has 152 valence electrons. The number of aromatic nitrogens is 2. The Kier molecular flexibility index (Phi) is 8.25. The minimum Gasteiger partial charge on any atom is -0.434 e. The van der Waals surface area contributed by atoms with Gasteiger partial charge in [0.1, 0.15) is 11.9 Å². The average molecular weight is 393 g/mol. The van der Waals surface area contributed by atoms with E-state index >= 15 is 0 Å². The molecule has 0 saturated carbocycles. The number of rotatable bonds is 9. The monoisotopic (exact) mass is 393 g/mol. The van der Waals surface area contributed by atoms with E-state index in [2.05, 4.69) is 14.5 Å². The molecule has 1 rings (SSSR count). The third kappa shape index (κ3) is 5.96. The predicted octanol–water partition coefficient (Wildman–Crippen LogP) is 0.166. The first-order valence-corrected chi connectivity index (χ1v) is 8.05. The van der Waals surface area contributed by atoms with Gasteiger partial charge in [-0.1, -0.05) is 19.8 Å². The topological polar surface area (TPSA) is 154 Å². The molecule has 0 aliphatic rings. The normalized spacial score (nSPS) is 13.7. The van der Waals surface area contributed by atoms with Crippen molar-refractivity contribution in [2.24, 2.45) is 0 Å². The van der Waals surface area contributed by atoms with Crippen LogP contribution in [0.4, 0.5) is 19.4 Å². The number of carbonyl (C=O) groups excluding carboxylic acids is 2. The molecule has 0 saturated heterocycles. The van der Waals surface area contributed by atoms with Crippen molar-refractivity contribution in [3.8, 4) is 0 Å². The van der Waals surface area contributed by atoms with Crippen LogP contribution < -0.4 is 11.4 Å². The van der Waals surface area contributed by atoms with E-state index in [-0.39, 0.29) is 17.0 Å². The molecule has 4 N–H and O–H groups in total. The van der Waals surface area contributed by atoms with Crippen LogP contribution in [0.1, 0.15) is 31.0 Å². The zero-order valence-electron chi connectivity index (χ0n) is 14.5. The smallest absolute Gasteiger partial charge is 0.434 e. The number of aliphatic hydroxyl groups is 2. The Labute approximate surface area is 152 Å². The van der Waals surface area contributed by atoms with Crippen LogP contribution in [0.3, 0.4) is 0 Å². The van der Waals surface area contributed by atoms with E-state index in [1.165, 1.54) is 0 Å². The molecule has 10 nitrogen and oxygen atoms in total. The lowest BCUT2D eigenvalue weighted by molar-refractivity contribution is -0.148. The van der Waals surface area contributed by atoms with Gasteiger partial charge in [0.25, 0.3) is 0 Å². The molecule has 0 fully saturated rings. The molecule has 0 aromatic carbocycles. The number of ether oxygens (including phenoxy) is 2. The zero-order chi connectivity index (χ0) is 20.6. The Morgan fingerprint density at radius 1 is 1.41 bits per heavy atom. The summed E-state index contributed by atoms with van der Waals surface area (Å²) in [6, 6.07) is 0.926. The maximum Gasteiger partial charge on any atom is 0.508 e. The number of nitrogens with two attached hydrogens (primary N) is 1. The maximum atomic E-state index is 14.5. The van der Waals surface area contributed by atoms with Crippen LogP contribution in [-0.2, 0) is 9.47 Å². The molecule has 27 heavy (non-hydrogen) atoms. The van der Waals surface area contributed by atoms with Gasteiger partial charge in [0, 0.05) is 6.20 Å². The Bertz CT molecular complexity index is 711. The number of hydrogen-bond acceptors (Lipinski definition) is 9. The Hall–Kier alpha value is -2.60. The van der Waals surface area contributed by atoms with Crippen molar-refractivity contribution in [2.45, 2.75) is 44.3 Å². The lowest BCUT2D eigenvalue weighted by Crippen LogP contribution is -2.55. The molecular formula is C15H21F2N3O7. The highest BCUT2D eigenvalue weighted by molar-refractivity contribution is 5.86. The summed E-state index contributed by atoms with van der Waals surface area (Å²) in [7, 11) is 0. The van der Waals surface area contributed by atoms with Crippen LogP contribution in [0.2, 0.25) is 0 Å². The number of hydrogen-bond donors (Lipinski definition) is 3. The number of aliphatic hydroxyl groups excluding tert-OH is 2. The van der Waals surface area contributed by atoms with E-state index in [9.17, 15) is 28.3 Å². The van der Waals surface area contributed by atoms with E-state index in [4.69, 9.17) is 10.8 Å². The summed E-state index contributed by atoms with van der Waals surface area (Å²) in [6.07, 6.45) is -4.01. The number of carbonyl (C=O) groups is 2. The van der Waals surface area contributed by atoms with Crippen LogP contribution in [-0.4, -0.2) is 63.2 Å². The molecule has 1 heterocycles. The molecule has 0 radical (unpaired) electrons. The lowest BCUT2D eigenvalue weighted by Gasteiger charge is -2.28. The van der Waals surface area contributed by atoms with Gasteiger partial charge in [-0.05, 0) is 12.5 Å². The first kappa shape index (κ1) is 22.4. The van der Waals surface area contributed by atoms with Gasteiger partial charge < -0.3 is 25.4 Å². The Morgan fingerprint density at radius 3 is 2.63 bits per heavy atom. The third-order valence-electron chi connectivity index (χ3n) is 3.41. The number of halogens is 2. The van der Waals surface area contributed by atoms with E-state index in [0.717, 1.165) is 18.9 Å². The first-order valence-electron chi connectivity index (χ1n) is 8.05. The van der Waals surface area contributed by atoms with Gasteiger partial charge in [0.2, 0.25) is 6.10 Å². The first-order chi connectivity index (χ1) is 12.6. The zero-order valence-corrected chi connectivity index (χ0v) is 14.5. The van der Waals surface area contributed by atoms with Crippen LogP contribution >= 0.6 is 0 Å². The summed E-state index contributed by atoms with van der Waals surface area (Å²) in [5, 5.41) is 18.5. The second-order valence-corrected chi connectivity index (χ2v) is 5.53. The quantitative estimate of drug-likeness (QED) is 0.393. The van der Waals surface area contributed by atoms with Gasteiger partial charge in [-0.15, -0.1) is 0 Å². The van der Waals surface area contributed by atoms with Crippen molar-refractivity contribution in [2.75, 3.05) is 18.9 Å². The predicted molar refractivity (Wildman–Crippen MR) is 87.3 cm³/mol. The second-order valence-electron chi connectivity index (χ2n) is 5.53. The highest BCUT2D eigenvalue weighted by Crippen LogP contribution is 2.26. The molecular weight excluding hydrogens is 372 g/mol. The van der Waals surface area contributed by atoms with Crippen molar-refractivity contribution < 1.29 is 38.1 Å². The largest absolute Gasteiger partial charge is 0.508 e. The van der Waals surface area contributed by atoms with Gasteiger partial charge in [-0.2, -0.15) is 13.8 Å². The van der Waals surface area contributed by atoms with E-state index < -0.39 is 42.5 Å². The maximum absolute atomic E-state index is 14.5. The summed E-state index contributed by atoms with van der Waals surface area (Å²) >= 11 is 0. The number of nitrogen functional groups attached to an aromatic ring is 1. The Morgan fingerprint density at radius 2 is 2.07 bits per heavy atom. The number of nitrogens with zero attached hydrogens (tertiary/aromatic N) is 2. The molecule has 0 spiro atoms. The van der Waals surface area contributed by atoms with Gasteiger partial charge in [0.15, 0.2) is 0 Å². The van der Waals surface area contributed by atoms with Crippen LogP contribution in [0, 0.1) is 0 Å². The number of alkyl halides is 2. The number of unbranched alkanes of at least 4 members (excludes halogenated alkanes) is 2. The van der Waals surface area contributed by atoms with Gasteiger partial charge in [-0.3, -0.25) is 4.79 Å². The summed E-state index contributed by atoms with van der Waals surface area (Å²) in [4.78, 5) is 38.4. The van der Waals surface area contributed by atoms with Crippen LogP contribution in [0.15, 0.2) is 17.1 Å². The molecule has 1 aromatic heterocycles. The summed E-state index contributed by atoms with van der Waals surface area (Å²) in [5.41, 5.74) is 3.83. The summed E-state index contributed by atoms with van der Waals surface area (Å²) in [5.74, 6) is -7.01. The molecule has 0 aliphatic carbocycles. The highest BCUT2D eigenvalue weighted by atomic mass is 19.3. The van der Waals surface area contributed by atoms with Crippen LogP contribution in [0.5, 0.6) is 0 Å². The van der Waals surface area contributed by atoms with Crippen molar-refractivity contribution >= 4 is 17.9 Å². The fourth-order valence-corrected chi connectivity index (χ4v) is 1.99. The SMILES string of the molecule is CCCCCOC(=O)O[C@H]([C@H](O)CO)C(F)(F)C(=O)n1ccc(N)nc1=O. The third-order valence-corrected chi connectivity index (χ3v) is 3.41. The minimum atomic E-state index is -4.58. The number of anilines is 1. The molecule has 0 amide bonds. The van der Waals surface area contributed by atoms with Crippen molar-refractivity contribution in [1.82, 2.24) is 9.55 Å². The van der Waals surface area contributed by atoms with E-state index in [1.54, 1.807) is 0 Å². The molecule has 0 bridgehead atoms. The fourth-order valence-electron chi connectivity index (χ4n) is 1.99. The molecule has 1 aromatic rings. The Balaban J connectivity index is 3.00. The van der Waals surface area contributed by atoms with E-state index in [1.807, 2.05) is 6.92 Å². The highest BCUT2D eigenvalue weighted by Gasteiger charge is 2.54. The summed E-state index contributed by atoms with van der Waals surface area (Å²) in [6.45, 7) is 0.535. The molecule has 2 atom stereocenters. The van der Waals surface area contributed by atoms with Crippen molar-refractivity contribution in [3.05, 3.63) is 22.7 Å². The molecule has 0 unspecified atom stereocenters. The van der Waals surface area contributed by atoms with Crippen LogP contribution in [0.25, 0.3) is 0 Å². The van der Waals surface area contributed by atoms with Gasteiger partial charge in [0.05, 0.1) is 13.2 Å². The lowest BCUT2D eigenvalue weighted by atomic mass is 10.1.